The van der Waals surface area contributed by atoms with Crippen LogP contribution in [0.15, 0.2) is 47.2 Å². The maximum atomic E-state index is 12.0. The van der Waals surface area contributed by atoms with Crippen LogP contribution in [0.25, 0.3) is 6.08 Å². The Balaban J connectivity index is 1.99. The van der Waals surface area contributed by atoms with E-state index in [0.717, 1.165) is 23.3 Å². The van der Waals surface area contributed by atoms with Gasteiger partial charge in [0.15, 0.2) is 0 Å². The minimum absolute atomic E-state index is 0.00975. The van der Waals surface area contributed by atoms with Crippen molar-refractivity contribution in [3.8, 4) is 5.75 Å². The number of nitrogens with one attached hydrogen (secondary N) is 1. The molecule has 0 fully saturated rings. The lowest BCUT2D eigenvalue weighted by molar-refractivity contribution is -0.117. The van der Waals surface area contributed by atoms with Gasteiger partial charge in [-0.2, -0.15) is 11.3 Å². The summed E-state index contributed by atoms with van der Waals surface area (Å²) in [5.74, 6) is 0.737. The number of amides is 1. The first kappa shape index (κ1) is 15.3. The average molecular weight is 301 g/mol. The van der Waals surface area contributed by atoms with Crippen molar-refractivity contribution in [1.29, 1.82) is 0 Å². The number of methoxy groups -OCH3 is 1. The lowest BCUT2D eigenvalue weighted by Gasteiger charge is -2.16. The van der Waals surface area contributed by atoms with Crippen molar-refractivity contribution in [2.24, 2.45) is 0 Å². The molecular weight excluding hydrogens is 282 g/mol. The summed E-state index contributed by atoms with van der Waals surface area (Å²) in [6.07, 6.45) is 4.24. The van der Waals surface area contributed by atoms with Crippen LogP contribution in [-0.4, -0.2) is 13.0 Å². The summed E-state index contributed by atoms with van der Waals surface area (Å²) in [6, 6.07) is 9.77. The molecule has 1 amide bonds. The molecular formula is C17H19NO2S. The van der Waals surface area contributed by atoms with Gasteiger partial charge in [-0.15, -0.1) is 0 Å². The van der Waals surface area contributed by atoms with E-state index in [-0.39, 0.29) is 11.9 Å². The molecule has 1 aromatic carbocycles. The Hall–Kier alpha value is -2.07. The second-order valence-electron chi connectivity index (χ2n) is 4.63. The second kappa shape index (κ2) is 7.64. The van der Waals surface area contributed by atoms with E-state index < -0.39 is 0 Å². The topological polar surface area (TPSA) is 38.3 Å². The maximum Gasteiger partial charge on any atom is 0.244 e. The summed E-state index contributed by atoms with van der Waals surface area (Å²) < 4.78 is 5.15. The van der Waals surface area contributed by atoms with Crippen LogP contribution in [0.3, 0.4) is 0 Å². The highest BCUT2D eigenvalue weighted by atomic mass is 32.1. The molecule has 0 spiro atoms. The first-order chi connectivity index (χ1) is 10.2. The van der Waals surface area contributed by atoms with Crippen LogP contribution >= 0.6 is 11.3 Å². The van der Waals surface area contributed by atoms with Crippen LogP contribution in [0.1, 0.15) is 30.5 Å². The van der Waals surface area contributed by atoms with Gasteiger partial charge in [-0.1, -0.05) is 19.1 Å². The summed E-state index contributed by atoms with van der Waals surface area (Å²) in [6.45, 7) is 2.05. The maximum absolute atomic E-state index is 12.0. The average Bonchev–Trinajstić information content (AvgIpc) is 3.04. The predicted molar refractivity (Wildman–Crippen MR) is 87.5 cm³/mol. The van der Waals surface area contributed by atoms with Gasteiger partial charge >= 0.3 is 0 Å². The van der Waals surface area contributed by atoms with Crippen LogP contribution < -0.4 is 10.1 Å². The first-order valence-corrected chi connectivity index (χ1v) is 7.82. The Morgan fingerprint density at radius 3 is 2.67 bits per heavy atom. The summed E-state index contributed by atoms with van der Waals surface area (Å²) in [5, 5.41) is 7.01. The Labute approximate surface area is 129 Å². The van der Waals surface area contributed by atoms with E-state index in [4.69, 9.17) is 4.74 Å². The number of carbonyl (C=O) groups is 1. The van der Waals surface area contributed by atoms with Crippen LogP contribution in [-0.2, 0) is 4.79 Å². The molecule has 0 aliphatic heterocycles. The van der Waals surface area contributed by atoms with Gasteiger partial charge in [-0.25, -0.2) is 0 Å². The SMILES string of the molecule is CCC(NC(=O)/C=C/c1ccsc1)c1ccc(OC)cc1. The molecule has 0 saturated carbocycles. The molecule has 1 heterocycles. The molecule has 0 radical (unpaired) electrons. The highest BCUT2D eigenvalue weighted by Crippen LogP contribution is 2.20. The van der Waals surface area contributed by atoms with Crippen molar-refractivity contribution < 1.29 is 9.53 Å². The molecule has 1 unspecified atom stereocenters. The van der Waals surface area contributed by atoms with Crippen LogP contribution in [0, 0.1) is 0 Å². The normalized spacial score (nSPS) is 12.3. The van der Waals surface area contributed by atoms with E-state index in [1.54, 1.807) is 24.5 Å². The molecule has 0 aliphatic carbocycles. The summed E-state index contributed by atoms with van der Waals surface area (Å²) in [5.41, 5.74) is 2.13. The van der Waals surface area contributed by atoms with E-state index in [0.29, 0.717) is 0 Å². The Bertz CT molecular complexity index is 588. The summed E-state index contributed by atoms with van der Waals surface area (Å²) in [7, 11) is 1.64. The van der Waals surface area contributed by atoms with Gasteiger partial charge in [0, 0.05) is 6.08 Å². The van der Waals surface area contributed by atoms with Crippen molar-refractivity contribution in [3.63, 3.8) is 0 Å². The van der Waals surface area contributed by atoms with Crippen LogP contribution in [0.4, 0.5) is 0 Å². The van der Waals surface area contributed by atoms with Crippen molar-refractivity contribution in [1.82, 2.24) is 5.32 Å². The van der Waals surface area contributed by atoms with Crippen LogP contribution in [0.2, 0.25) is 0 Å². The van der Waals surface area contributed by atoms with Crippen LogP contribution in [0.5, 0.6) is 5.75 Å². The van der Waals surface area contributed by atoms with Gasteiger partial charge < -0.3 is 10.1 Å². The lowest BCUT2D eigenvalue weighted by atomic mass is 10.0. The standard InChI is InChI=1S/C17H19NO2S/c1-3-16(14-5-7-15(20-2)8-6-14)18-17(19)9-4-13-10-11-21-12-13/h4-12,16H,3H2,1-2H3,(H,18,19)/b9-4+. The molecule has 2 rings (SSSR count). The van der Waals surface area contributed by atoms with Crippen molar-refractivity contribution in [3.05, 3.63) is 58.3 Å². The number of benzene rings is 1. The smallest absolute Gasteiger partial charge is 0.244 e. The largest absolute Gasteiger partial charge is 0.497 e. The Kier molecular flexibility index (Phi) is 5.58. The third kappa shape index (κ3) is 4.46. The number of rotatable bonds is 6. The molecule has 1 N–H and O–H groups in total. The molecule has 1 aromatic heterocycles. The molecule has 2 aromatic rings. The van der Waals surface area contributed by atoms with Crippen molar-refractivity contribution >= 4 is 23.3 Å². The molecule has 21 heavy (non-hydrogen) atoms. The van der Waals surface area contributed by atoms with E-state index >= 15 is 0 Å². The quantitative estimate of drug-likeness (QED) is 0.818. The molecule has 0 saturated heterocycles. The van der Waals surface area contributed by atoms with E-state index in [2.05, 4.69) is 12.2 Å². The zero-order valence-electron chi connectivity index (χ0n) is 12.2. The monoisotopic (exact) mass is 301 g/mol. The molecule has 0 aliphatic rings. The van der Waals surface area contributed by atoms with Gasteiger partial charge in [0.25, 0.3) is 0 Å². The zero-order chi connectivity index (χ0) is 15.1. The van der Waals surface area contributed by atoms with E-state index in [9.17, 15) is 4.79 Å². The van der Waals surface area contributed by atoms with E-state index in [1.165, 1.54) is 0 Å². The molecule has 3 nitrogen and oxygen atoms in total. The Morgan fingerprint density at radius 1 is 1.33 bits per heavy atom. The minimum Gasteiger partial charge on any atom is -0.497 e. The molecule has 110 valence electrons. The Morgan fingerprint density at radius 2 is 2.10 bits per heavy atom. The minimum atomic E-state index is -0.0798. The summed E-state index contributed by atoms with van der Waals surface area (Å²) >= 11 is 1.62. The third-order valence-corrected chi connectivity index (χ3v) is 3.91. The predicted octanol–water partition coefficient (Wildman–Crippen LogP) is 4.04. The zero-order valence-corrected chi connectivity index (χ0v) is 13.0. The van der Waals surface area contributed by atoms with Gasteiger partial charge in [-0.3, -0.25) is 4.79 Å². The number of hydrogen-bond donors (Lipinski definition) is 1. The number of carbonyl (C=O) groups excluding carboxylic acids is 1. The van der Waals surface area contributed by atoms with Gasteiger partial charge in [0.1, 0.15) is 5.75 Å². The fraction of sp³-hybridized carbons (Fsp3) is 0.235. The molecule has 4 heteroatoms. The first-order valence-electron chi connectivity index (χ1n) is 6.87. The van der Waals surface area contributed by atoms with E-state index in [1.807, 2.05) is 47.2 Å². The highest BCUT2D eigenvalue weighted by Gasteiger charge is 2.11. The number of thiophene rings is 1. The number of ether oxygens (including phenoxy) is 1. The van der Waals surface area contributed by atoms with Crippen molar-refractivity contribution in [2.75, 3.05) is 7.11 Å². The lowest BCUT2D eigenvalue weighted by Crippen LogP contribution is -2.26. The fourth-order valence-corrected chi connectivity index (χ4v) is 2.65. The van der Waals surface area contributed by atoms with Crippen molar-refractivity contribution in [2.45, 2.75) is 19.4 Å². The second-order valence-corrected chi connectivity index (χ2v) is 5.41. The number of hydrogen-bond acceptors (Lipinski definition) is 3. The third-order valence-electron chi connectivity index (χ3n) is 3.21. The van der Waals surface area contributed by atoms with Gasteiger partial charge in [-0.05, 0) is 52.6 Å². The van der Waals surface area contributed by atoms with Gasteiger partial charge in [0.05, 0.1) is 13.2 Å². The van der Waals surface area contributed by atoms with Gasteiger partial charge in [0.2, 0.25) is 5.91 Å². The molecule has 0 bridgehead atoms. The highest BCUT2D eigenvalue weighted by molar-refractivity contribution is 7.08. The fourth-order valence-electron chi connectivity index (χ4n) is 2.02. The summed E-state index contributed by atoms with van der Waals surface area (Å²) in [4.78, 5) is 12.0. The molecule has 1 atom stereocenters.